The SMILES string of the molecule is CCC(C#N)NC1CCCC1. The zero-order valence-corrected chi connectivity index (χ0v) is 7.14. The molecule has 2 nitrogen and oxygen atoms in total. The maximum atomic E-state index is 8.67. The predicted molar refractivity (Wildman–Crippen MR) is 45.1 cm³/mol. The lowest BCUT2D eigenvalue weighted by atomic mass is 10.2. The van der Waals surface area contributed by atoms with Crippen molar-refractivity contribution < 1.29 is 0 Å². The third kappa shape index (κ3) is 2.51. The maximum absolute atomic E-state index is 8.67. The van der Waals surface area contributed by atoms with E-state index in [0.717, 1.165) is 6.42 Å². The molecule has 1 saturated carbocycles. The van der Waals surface area contributed by atoms with Crippen molar-refractivity contribution >= 4 is 0 Å². The summed E-state index contributed by atoms with van der Waals surface area (Å²) in [5, 5.41) is 12.0. The van der Waals surface area contributed by atoms with Crippen molar-refractivity contribution in [2.45, 2.75) is 51.1 Å². The Labute approximate surface area is 68.6 Å². The first-order valence-corrected chi connectivity index (χ1v) is 4.52. The van der Waals surface area contributed by atoms with E-state index < -0.39 is 0 Å². The highest BCUT2D eigenvalue weighted by Crippen LogP contribution is 2.18. The van der Waals surface area contributed by atoms with E-state index in [9.17, 15) is 0 Å². The van der Waals surface area contributed by atoms with Crippen LogP contribution in [0.4, 0.5) is 0 Å². The fraction of sp³-hybridized carbons (Fsp3) is 0.889. The summed E-state index contributed by atoms with van der Waals surface area (Å²) in [6, 6.07) is 2.97. The van der Waals surface area contributed by atoms with Crippen molar-refractivity contribution in [1.82, 2.24) is 5.32 Å². The lowest BCUT2D eigenvalue weighted by Gasteiger charge is -2.14. The van der Waals surface area contributed by atoms with Crippen molar-refractivity contribution in [2.24, 2.45) is 0 Å². The van der Waals surface area contributed by atoms with Gasteiger partial charge in [-0.25, -0.2) is 0 Å². The molecule has 1 aliphatic rings. The van der Waals surface area contributed by atoms with Gasteiger partial charge in [0.05, 0.1) is 12.1 Å². The Morgan fingerprint density at radius 2 is 2.18 bits per heavy atom. The normalized spacial score (nSPS) is 21.5. The van der Waals surface area contributed by atoms with Crippen LogP contribution in [0.25, 0.3) is 0 Å². The first-order valence-electron chi connectivity index (χ1n) is 4.52. The van der Waals surface area contributed by atoms with Crippen LogP contribution in [0, 0.1) is 11.3 Å². The number of rotatable bonds is 3. The lowest BCUT2D eigenvalue weighted by Crippen LogP contribution is -2.35. The Kier molecular flexibility index (Phi) is 3.38. The van der Waals surface area contributed by atoms with Gasteiger partial charge in [-0.2, -0.15) is 5.26 Å². The molecule has 11 heavy (non-hydrogen) atoms. The molecule has 1 N–H and O–H groups in total. The molecule has 1 rings (SSSR count). The summed E-state index contributed by atoms with van der Waals surface area (Å²) < 4.78 is 0. The molecule has 0 aromatic rings. The fourth-order valence-electron chi connectivity index (χ4n) is 1.62. The molecular formula is C9H16N2. The van der Waals surface area contributed by atoms with E-state index in [2.05, 4.69) is 18.3 Å². The fourth-order valence-corrected chi connectivity index (χ4v) is 1.62. The van der Waals surface area contributed by atoms with Crippen molar-refractivity contribution in [3.63, 3.8) is 0 Å². The largest absolute Gasteiger partial charge is 0.299 e. The third-order valence-corrected chi connectivity index (χ3v) is 2.36. The smallest absolute Gasteiger partial charge is 0.0952 e. The van der Waals surface area contributed by atoms with E-state index in [1.54, 1.807) is 0 Å². The molecule has 1 aliphatic carbocycles. The van der Waals surface area contributed by atoms with Gasteiger partial charge >= 0.3 is 0 Å². The molecule has 62 valence electrons. The number of hydrogen-bond acceptors (Lipinski definition) is 2. The van der Waals surface area contributed by atoms with Crippen molar-refractivity contribution in [3.8, 4) is 6.07 Å². The average molecular weight is 152 g/mol. The second-order valence-electron chi connectivity index (χ2n) is 3.24. The molecule has 0 spiro atoms. The molecule has 0 heterocycles. The van der Waals surface area contributed by atoms with Crippen LogP contribution in [0.3, 0.4) is 0 Å². The Morgan fingerprint density at radius 1 is 1.55 bits per heavy atom. The van der Waals surface area contributed by atoms with Crippen LogP contribution < -0.4 is 5.32 Å². The van der Waals surface area contributed by atoms with Gasteiger partial charge in [0.15, 0.2) is 0 Å². The summed E-state index contributed by atoms with van der Waals surface area (Å²) in [6.45, 7) is 2.05. The van der Waals surface area contributed by atoms with Crippen LogP contribution in [0.2, 0.25) is 0 Å². The van der Waals surface area contributed by atoms with E-state index in [-0.39, 0.29) is 6.04 Å². The first-order chi connectivity index (χ1) is 5.36. The van der Waals surface area contributed by atoms with Gasteiger partial charge < -0.3 is 0 Å². The molecule has 0 aromatic carbocycles. The maximum Gasteiger partial charge on any atom is 0.0952 e. The Hall–Kier alpha value is -0.550. The third-order valence-electron chi connectivity index (χ3n) is 2.36. The monoisotopic (exact) mass is 152 g/mol. The van der Waals surface area contributed by atoms with Gasteiger partial charge in [0.25, 0.3) is 0 Å². The zero-order valence-electron chi connectivity index (χ0n) is 7.14. The molecular weight excluding hydrogens is 136 g/mol. The Morgan fingerprint density at radius 3 is 2.64 bits per heavy atom. The van der Waals surface area contributed by atoms with Crippen molar-refractivity contribution in [1.29, 1.82) is 5.26 Å². The Bertz CT molecular complexity index is 142. The molecule has 0 bridgehead atoms. The van der Waals surface area contributed by atoms with Gasteiger partial charge in [-0.15, -0.1) is 0 Å². The van der Waals surface area contributed by atoms with E-state index in [4.69, 9.17) is 5.26 Å². The molecule has 1 fully saturated rings. The second kappa shape index (κ2) is 4.35. The highest BCUT2D eigenvalue weighted by atomic mass is 14.9. The highest BCUT2D eigenvalue weighted by Gasteiger charge is 2.17. The molecule has 0 saturated heterocycles. The van der Waals surface area contributed by atoms with Crippen LogP contribution in [0.15, 0.2) is 0 Å². The minimum absolute atomic E-state index is 0.0816. The standard InChI is InChI=1S/C9H16N2/c1-2-8(7-10)11-9-5-3-4-6-9/h8-9,11H,2-6H2,1H3. The molecule has 2 heteroatoms. The summed E-state index contributed by atoms with van der Waals surface area (Å²) >= 11 is 0. The second-order valence-corrected chi connectivity index (χ2v) is 3.24. The molecule has 1 unspecified atom stereocenters. The summed E-state index contributed by atoms with van der Waals surface area (Å²) in [5.74, 6) is 0. The minimum Gasteiger partial charge on any atom is -0.299 e. The minimum atomic E-state index is 0.0816. The van der Waals surface area contributed by atoms with Gasteiger partial charge in [-0.3, -0.25) is 5.32 Å². The van der Waals surface area contributed by atoms with Crippen LogP contribution >= 0.6 is 0 Å². The van der Waals surface area contributed by atoms with Gasteiger partial charge in [-0.05, 0) is 19.3 Å². The van der Waals surface area contributed by atoms with Gasteiger partial charge in [0.2, 0.25) is 0 Å². The summed E-state index contributed by atoms with van der Waals surface area (Å²) in [7, 11) is 0. The topological polar surface area (TPSA) is 35.8 Å². The number of nitrogens with one attached hydrogen (secondary N) is 1. The van der Waals surface area contributed by atoms with Gasteiger partial charge in [0, 0.05) is 6.04 Å². The van der Waals surface area contributed by atoms with Crippen molar-refractivity contribution in [2.75, 3.05) is 0 Å². The van der Waals surface area contributed by atoms with E-state index >= 15 is 0 Å². The number of nitriles is 1. The quantitative estimate of drug-likeness (QED) is 0.669. The molecule has 1 atom stereocenters. The average Bonchev–Trinajstić information content (AvgIpc) is 2.52. The van der Waals surface area contributed by atoms with Crippen LogP contribution in [0.5, 0.6) is 0 Å². The summed E-state index contributed by atoms with van der Waals surface area (Å²) in [6.07, 6.45) is 6.11. The number of nitrogens with zero attached hydrogens (tertiary/aromatic N) is 1. The molecule has 0 amide bonds. The lowest BCUT2D eigenvalue weighted by molar-refractivity contribution is 0.474. The Balaban J connectivity index is 2.23. The number of hydrogen-bond donors (Lipinski definition) is 1. The van der Waals surface area contributed by atoms with Gasteiger partial charge in [-0.1, -0.05) is 19.8 Å². The zero-order chi connectivity index (χ0) is 8.10. The first kappa shape index (κ1) is 8.55. The summed E-state index contributed by atoms with van der Waals surface area (Å²) in [4.78, 5) is 0. The van der Waals surface area contributed by atoms with E-state index in [1.807, 2.05) is 0 Å². The summed E-state index contributed by atoms with van der Waals surface area (Å²) in [5.41, 5.74) is 0. The highest BCUT2D eigenvalue weighted by molar-refractivity contribution is 4.91. The van der Waals surface area contributed by atoms with Crippen LogP contribution in [-0.4, -0.2) is 12.1 Å². The van der Waals surface area contributed by atoms with Crippen LogP contribution in [0.1, 0.15) is 39.0 Å². The van der Waals surface area contributed by atoms with E-state index in [0.29, 0.717) is 6.04 Å². The van der Waals surface area contributed by atoms with Gasteiger partial charge in [0.1, 0.15) is 0 Å². The van der Waals surface area contributed by atoms with Crippen molar-refractivity contribution in [3.05, 3.63) is 0 Å². The molecule has 0 aliphatic heterocycles. The molecule has 0 aromatic heterocycles. The van der Waals surface area contributed by atoms with E-state index in [1.165, 1.54) is 25.7 Å². The van der Waals surface area contributed by atoms with Crippen LogP contribution in [-0.2, 0) is 0 Å². The predicted octanol–water partition coefficient (Wildman–Crippen LogP) is 1.82. The molecule has 0 radical (unpaired) electrons.